The fourth-order valence-electron chi connectivity index (χ4n) is 1.87. The quantitative estimate of drug-likeness (QED) is 0.666. The van der Waals surface area contributed by atoms with Gasteiger partial charge in [-0.15, -0.1) is 0 Å². The van der Waals surface area contributed by atoms with Crippen LogP contribution in [0.25, 0.3) is 0 Å². The van der Waals surface area contributed by atoms with E-state index in [0.29, 0.717) is 11.4 Å². The average Bonchev–Trinajstić information content (AvgIpc) is 2.43. The Morgan fingerprint density at radius 3 is 2.65 bits per heavy atom. The summed E-state index contributed by atoms with van der Waals surface area (Å²) in [6, 6.07) is 9.42. The lowest BCUT2D eigenvalue weighted by Gasteiger charge is -2.13. The molecular formula is C15H15FN2O2. The first-order chi connectivity index (χ1) is 9.52. The maximum atomic E-state index is 13.1. The zero-order valence-electron chi connectivity index (χ0n) is 11.2. The van der Waals surface area contributed by atoms with E-state index in [1.807, 2.05) is 0 Å². The number of nitrogens with one attached hydrogen (secondary N) is 1. The minimum absolute atomic E-state index is 0.289. The highest BCUT2D eigenvalue weighted by molar-refractivity contribution is 5.98. The van der Waals surface area contributed by atoms with Gasteiger partial charge in [0.05, 0.1) is 24.0 Å². The van der Waals surface area contributed by atoms with Crippen LogP contribution in [0.4, 0.5) is 21.5 Å². The number of carbonyl (C=O) groups excluding carboxylic acids is 1. The molecule has 2 aromatic rings. The van der Waals surface area contributed by atoms with Crippen LogP contribution in [0.15, 0.2) is 36.4 Å². The van der Waals surface area contributed by atoms with Crippen molar-refractivity contribution in [3.05, 3.63) is 53.3 Å². The molecule has 2 rings (SSSR count). The lowest BCUT2D eigenvalue weighted by Crippen LogP contribution is -2.08. The molecule has 0 aliphatic heterocycles. The van der Waals surface area contributed by atoms with Gasteiger partial charge in [0.1, 0.15) is 5.82 Å². The number of hydrogen-bond donors (Lipinski definition) is 2. The van der Waals surface area contributed by atoms with Gasteiger partial charge in [-0.05, 0) is 42.8 Å². The predicted molar refractivity (Wildman–Crippen MR) is 76.6 cm³/mol. The molecule has 4 nitrogen and oxygen atoms in total. The molecule has 0 heterocycles. The summed E-state index contributed by atoms with van der Waals surface area (Å²) in [6.07, 6.45) is 0. The standard InChI is InChI=1S/C15H15FN2O2/c1-9-8-10(16)6-7-12(9)18-13-5-3-4-11(14(13)17)15(19)20-2/h3-8,18H,17H2,1-2H3. The van der Waals surface area contributed by atoms with Gasteiger partial charge >= 0.3 is 5.97 Å². The maximum Gasteiger partial charge on any atom is 0.340 e. The minimum atomic E-state index is -0.498. The Labute approximate surface area is 116 Å². The number of esters is 1. The Kier molecular flexibility index (Phi) is 3.89. The van der Waals surface area contributed by atoms with Crippen LogP contribution in [0.2, 0.25) is 0 Å². The molecule has 0 saturated heterocycles. The number of hydrogen-bond acceptors (Lipinski definition) is 4. The van der Waals surface area contributed by atoms with Crippen molar-refractivity contribution in [3.63, 3.8) is 0 Å². The molecule has 0 aromatic heterocycles. The number of carbonyl (C=O) groups is 1. The molecule has 20 heavy (non-hydrogen) atoms. The summed E-state index contributed by atoms with van der Waals surface area (Å²) in [5, 5.41) is 3.09. The summed E-state index contributed by atoms with van der Waals surface area (Å²) in [6.45, 7) is 1.78. The number of rotatable bonds is 3. The fraction of sp³-hybridized carbons (Fsp3) is 0.133. The molecule has 0 radical (unpaired) electrons. The highest BCUT2D eigenvalue weighted by Gasteiger charge is 2.13. The number of halogens is 1. The van der Waals surface area contributed by atoms with Crippen LogP contribution in [-0.4, -0.2) is 13.1 Å². The van der Waals surface area contributed by atoms with Gasteiger partial charge in [-0.1, -0.05) is 6.07 Å². The van der Waals surface area contributed by atoms with Crippen molar-refractivity contribution >= 4 is 23.0 Å². The summed E-state index contributed by atoms with van der Waals surface area (Å²) < 4.78 is 17.7. The molecule has 0 fully saturated rings. The normalized spacial score (nSPS) is 10.2. The lowest BCUT2D eigenvalue weighted by molar-refractivity contribution is 0.0602. The molecule has 5 heteroatoms. The molecule has 0 unspecified atom stereocenters. The van der Waals surface area contributed by atoms with Gasteiger partial charge in [-0.3, -0.25) is 0 Å². The van der Waals surface area contributed by atoms with E-state index in [2.05, 4.69) is 10.1 Å². The molecular weight excluding hydrogens is 259 g/mol. The van der Waals surface area contributed by atoms with E-state index in [-0.39, 0.29) is 11.4 Å². The van der Waals surface area contributed by atoms with Crippen LogP contribution in [-0.2, 0) is 4.74 Å². The SMILES string of the molecule is COC(=O)c1cccc(Nc2ccc(F)cc2C)c1N. The van der Waals surface area contributed by atoms with Crippen molar-refractivity contribution in [3.8, 4) is 0 Å². The summed E-state index contributed by atoms with van der Waals surface area (Å²) in [5.74, 6) is -0.800. The van der Waals surface area contributed by atoms with Gasteiger partial charge in [0.15, 0.2) is 0 Å². The predicted octanol–water partition coefficient (Wildman–Crippen LogP) is 3.25. The monoisotopic (exact) mass is 274 g/mol. The van der Waals surface area contributed by atoms with E-state index < -0.39 is 5.97 Å². The Morgan fingerprint density at radius 1 is 1.25 bits per heavy atom. The fourth-order valence-corrected chi connectivity index (χ4v) is 1.87. The highest BCUT2D eigenvalue weighted by atomic mass is 19.1. The van der Waals surface area contributed by atoms with Gasteiger partial charge < -0.3 is 15.8 Å². The number of nitrogens with two attached hydrogens (primary N) is 1. The molecule has 0 spiro atoms. The third-order valence-electron chi connectivity index (χ3n) is 2.97. The van der Waals surface area contributed by atoms with E-state index in [1.165, 1.54) is 19.2 Å². The number of benzene rings is 2. The Morgan fingerprint density at radius 2 is 2.00 bits per heavy atom. The number of nitrogen functional groups attached to an aromatic ring is 1. The molecule has 0 saturated carbocycles. The largest absolute Gasteiger partial charge is 0.465 e. The third kappa shape index (κ3) is 2.71. The third-order valence-corrected chi connectivity index (χ3v) is 2.97. The zero-order valence-corrected chi connectivity index (χ0v) is 11.2. The molecule has 0 bridgehead atoms. The molecule has 0 amide bonds. The number of para-hydroxylation sites is 1. The van der Waals surface area contributed by atoms with E-state index in [9.17, 15) is 9.18 Å². The molecule has 0 aliphatic carbocycles. The van der Waals surface area contributed by atoms with Gasteiger partial charge in [0.25, 0.3) is 0 Å². The van der Waals surface area contributed by atoms with Gasteiger partial charge in [-0.25, -0.2) is 9.18 Å². The molecule has 3 N–H and O–H groups in total. The summed E-state index contributed by atoms with van der Waals surface area (Å²) in [7, 11) is 1.30. The number of aryl methyl sites for hydroxylation is 1. The molecule has 104 valence electrons. The second kappa shape index (κ2) is 5.61. The minimum Gasteiger partial charge on any atom is -0.465 e. The first-order valence-electron chi connectivity index (χ1n) is 6.03. The van der Waals surface area contributed by atoms with Crippen LogP contribution >= 0.6 is 0 Å². The maximum absolute atomic E-state index is 13.1. The summed E-state index contributed by atoms with van der Waals surface area (Å²) in [4.78, 5) is 11.6. The summed E-state index contributed by atoms with van der Waals surface area (Å²) in [5.41, 5.74) is 8.57. The summed E-state index contributed by atoms with van der Waals surface area (Å²) >= 11 is 0. The van der Waals surface area contributed by atoms with Crippen molar-refractivity contribution in [2.24, 2.45) is 0 Å². The van der Waals surface area contributed by atoms with E-state index in [4.69, 9.17) is 5.73 Å². The van der Waals surface area contributed by atoms with Gasteiger partial charge in [0, 0.05) is 5.69 Å². The van der Waals surface area contributed by atoms with Crippen molar-refractivity contribution in [1.29, 1.82) is 0 Å². The Hall–Kier alpha value is -2.56. The molecule has 0 atom stereocenters. The van der Waals surface area contributed by atoms with Crippen molar-refractivity contribution in [2.75, 3.05) is 18.2 Å². The average molecular weight is 274 g/mol. The lowest BCUT2D eigenvalue weighted by atomic mass is 10.1. The van der Waals surface area contributed by atoms with E-state index in [1.54, 1.807) is 31.2 Å². The first-order valence-corrected chi connectivity index (χ1v) is 6.03. The van der Waals surface area contributed by atoms with Crippen LogP contribution in [0.3, 0.4) is 0 Å². The molecule has 2 aromatic carbocycles. The zero-order chi connectivity index (χ0) is 14.7. The first kappa shape index (κ1) is 13.9. The van der Waals surface area contributed by atoms with Gasteiger partial charge in [-0.2, -0.15) is 0 Å². The number of ether oxygens (including phenoxy) is 1. The van der Waals surface area contributed by atoms with Crippen molar-refractivity contribution < 1.29 is 13.9 Å². The van der Waals surface area contributed by atoms with Gasteiger partial charge in [0.2, 0.25) is 0 Å². The number of methoxy groups -OCH3 is 1. The highest BCUT2D eigenvalue weighted by Crippen LogP contribution is 2.28. The van der Waals surface area contributed by atoms with E-state index in [0.717, 1.165) is 11.3 Å². The molecule has 0 aliphatic rings. The smallest absolute Gasteiger partial charge is 0.340 e. The Balaban J connectivity index is 2.37. The number of anilines is 3. The Bertz CT molecular complexity index is 656. The van der Waals surface area contributed by atoms with Crippen LogP contribution in [0, 0.1) is 12.7 Å². The van der Waals surface area contributed by atoms with Crippen molar-refractivity contribution in [1.82, 2.24) is 0 Å². The van der Waals surface area contributed by atoms with Crippen LogP contribution in [0.5, 0.6) is 0 Å². The van der Waals surface area contributed by atoms with Crippen LogP contribution in [0.1, 0.15) is 15.9 Å². The van der Waals surface area contributed by atoms with E-state index >= 15 is 0 Å². The van der Waals surface area contributed by atoms with Crippen molar-refractivity contribution in [2.45, 2.75) is 6.92 Å². The topological polar surface area (TPSA) is 64.3 Å². The van der Waals surface area contributed by atoms with Crippen LogP contribution < -0.4 is 11.1 Å². The second-order valence-corrected chi connectivity index (χ2v) is 4.34. The second-order valence-electron chi connectivity index (χ2n) is 4.34.